The third-order valence-corrected chi connectivity index (χ3v) is 6.65. The van der Waals surface area contributed by atoms with Crippen LogP contribution in [0.15, 0.2) is 0 Å². The molecule has 0 N–H and O–H groups in total. The normalized spacial score (nSPS) is 23.7. The van der Waals surface area contributed by atoms with Crippen LogP contribution < -0.4 is 0 Å². The van der Waals surface area contributed by atoms with E-state index in [0.29, 0.717) is 24.9 Å². The van der Waals surface area contributed by atoms with Crippen LogP contribution in [0.1, 0.15) is 57.1 Å². The summed E-state index contributed by atoms with van der Waals surface area (Å²) in [5, 5.41) is 4.38. The Morgan fingerprint density at radius 3 is 2.52 bits per heavy atom. The van der Waals surface area contributed by atoms with E-state index in [1.54, 1.807) is 0 Å². The van der Waals surface area contributed by atoms with Gasteiger partial charge in [0, 0.05) is 32.1 Å². The van der Waals surface area contributed by atoms with Gasteiger partial charge in [0.05, 0.1) is 12.5 Å². The molecule has 0 unspecified atom stereocenters. The second-order valence-electron chi connectivity index (χ2n) is 8.87. The molecule has 2 amide bonds. The van der Waals surface area contributed by atoms with Gasteiger partial charge in [0.15, 0.2) is 0 Å². The molecule has 2 saturated heterocycles. The lowest BCUT2D eigenvalue weighted by Gasteiger charge is -2.48. The number of aromatic nitrogens is 3. The second kappa shape index (κ2) is 6.91. The fraction of sp³-hybridized carbons (Fsp3) is 0.800. The fourth-order valence-corrected chi connectivity index (χ4v) is 4.76. The van der Waals surface area contributed by atoms with Gasteiger partial charge >= 0.3 is 0 Å². The van der Waals surface area contributed by atoms with Gasteiger partial charge in [0.1, 0.15) is 11.6 Å². The SMILES string of the molecule is Cc1nc(C)n(C[C@@H](C)C(=O)N2CCC3(CCC(=O)N(C4CC4)C3)CC2)n1. The van der Waals surface area contributed by atoms with E-state index in [9.17, 15) is 9.59 Å². The highest BCUT2D eigenvalue weighted by Crippen LogP contribution is 2.43. The minimum atomic E-state index is -0.102. The molecule has 1 atom stereocenters. The van der Waals surface area contributed by atoms with Gasteiger partial charge in [-0.25, -0.2) is 9.67 Å². The quantitative estimate of drug-likeness (QED) is 0.808. The first-order valence-electron chi connectivity index (χ1n) is 10.3. The van der Waals surface area contributed by atoms with Crippen LogP contribution in [0.25, 0.3) is 0 Å². The summed E-state index contributed by atoms with van der Waals surface area (Å²) in [4.78, 5) is 33.6. The molecule has 0 radical (unpaired) electrons. The minimum Gasteiger partial charge on any atom is -0.342 e. The van der Waals surface area contributed by atoms with Crippen molar-refractivity contribution in [3.8, 4) is 0 Å². The van der Waals surface area contributed by atoms with Crippen LogP contribution >= 0.6 is 0 Å². The second-order valence-corrected chi connectivity index (χ2v) is 8.87. The van der Waals surface area contributed by atoms with Crippen molar-refractivity contribution in [2.45, 2.75) is 71.9 Å². The topological polar surface area (TPSA) is 71.3 Å². The molecule has 1 spiro atoms. The number of hydrogen-bond donors (Lipinski definition) is 0. The number of hydrogen-bond acceptors (Lipinski definition) is 4. The third-order valence-electron chi connectivity index (χ3n) is 6.65. The van der Waals surface area contributed by atoms with Crippen LogP contribution in [0.4, 0.5) is 0 Å². The zero-order chi connectivity index (χ0) is 19.2. The van der Waals surface area contributed by atoms with Crippen LogP contribution in [0.3, 0.4) is 0 Å². The number of likely N-dealkylation sites (tertiary alicyclic amines) is 2. The van der Waals surface area contributed by atoms with Gasteiger partial charge in [-0.2, -0.15) is 5.10 Å². The monoisotopic (exact) mass is 373 g/mol. The third kappa shape index (κ3) is 3.73. The molecule has 1 aliphatic carbocycles. The smallest absolute Gasteiger partial charge is 0.227 e. The molecule has 0 bridgehead atoms. The highest BCUT2D eigenvalue weighted by molar-refractivity contribution is 5.79. The molecule has 2 aliphatic heterocycles. The Balaban J connectivity index is 1.33. The van der Waals surface area contributed by atoms with Crippen molar-refractivity contribution in [3.63, 3.8) is 0 Å². The van der Waals surface area contributed by atoms with E-state index in [1.165, 1.54) is 12.8 Å². The molecule has 27 heavy (non-hydrogen) atoms. The van der Waals surface area contributed by atoms with Crippen LogP contribution in [0, 0.1) is 25.2 Å². The van der Waals surface area contributed by atoms with Gasteiger partial charge < -0.3 is 9.80 Å². The summed E-state index contributed by atoms with van der Waals surface area (Å²) in [5.41, 5.74) is 0.232. The summed E-state index contributed by atoms with van der Waals surface area (Å²) < 4.78 is 1.84. The van der Waals surface area contributed by atoms with Gasteiger partial charge in [-0.1, -0.05) is 6.92 Å². The average Bonchev–Trinajstić information content (AvgIpc) is 3.43. The van der Waals surface area contributed by atoms with Crippen molar-refractivity contribution < 1.29 is 9.59 Å². The number of aryl methyl sites for hydroxylation is 2. The highest BCUT2D eigenvalue weighted by Gasteiger charge is 2.45. The molecule has 4 rings (SSSR count). The average molecular weight is 374 g/mol. The summed E-state index contributed by atoms with van der Waals surface area (Å²) >= 11 is 0. The van der Waals surface area contributed by atoms with Crippen molar-refractivity contribution >= 4 is 11.8 Å². The maximum absolute atomic E-state index is 12.9. The molecule has 3 heterocycles. The molecular weight excluding hydrogens is 342 g/mol. The van der Waals surface area contributed by atoms with Gasteiger partial charge in [-0.15, -0.1) is 0 Å². The highest BCUT2D eigenvalue weighted by atomic mass is 16.2. The predicted octanol–water partition coefficient (Wildman–Crippen LogP) is 1.92. The Labute approximate surface area is 161 Å². The lowest BCUT2D eigenvalue weighted by molar-refractivity contribution is -0.144. The Kier molecular flexibility index (Phi) is 4.72. The maximum atomic E-state index is 12.9. The molecule has 3 fully saturated rings. The molecule has 0 aromatic carbocycles. The molecule has 1 saturated carbocycles. The van der Waals surface area contributed by atoms with Crippen LogP contribution in [-0.2, 0) is 16.1 Å². The van der Waals surface area contributed by atoms with E-state index in [1.807, 2.05) is 30.4 Å². The minimum absolute atomic E-state index is 0.102. The predicted molar refractivity (Wildman–Crippen MR) is 101 cm³/mol. The summed E-state index contributed by atoms with van der Waals surface area (Å²) in [6, 6.07) is 0.503. The lowest BCUT2D eigenvalue weighted by atomic mass is 9.72. The fourth-order valence-electron chi connectivity index (χ4n) is 4.76. The number of rotatable bonds is 4. The van der Waals surface area contributed by atoms with E-state index in [-0.39, 0.29) is 17.2 Å². The van der Waals surface area contributed by atoms with Gasteiger partial charge in [0.2, 0.25) is 11.8 Å². The molecule has 3 aliphatic rings. The van der Waals surface area contributed by atoms with E-state index < -0.39 is 0 Å². The summed E-state index contributed by atoms with van der Waals surface area (Å²) in [5.74, 6) is 2.06. The number of carbonyl (C=O) groups excluding carboxylic acids is 2. The number of carbonyl (C=O) groups is 2. The number of amides is 2. The van der Waals surface area contributed by atoms with Crippen LogP contribution in [0.5, 0.6) is 0 Å². The Hall–Kier alpha value is -1.92. The number of nitrogens with zero attached hydrogens (tertiary/aromatic N) is 5. The maximum Gasteiger partial charge on any atom is 0.227 e. The molecule has 7 heteroatoms. The van der Waals surface area contributed by atoms with Crippen molar-refractivity contribution in [1.82, 2.24) is 24.6 Å². The van der Waals surface area contributed by atoms with Crippen molar-refractivity contribution in [1.29, 1.82) is 0 Å². The van der Waals surface area contributed by atoms with E-state index >= 15 is 0 Å². The first-order valence-corrected chi connectivity index (χ1v) is 10.3. The van der Waals surface area contributed by atoms with Crippen molar-refractivity contribution in [2.24, 2.45) is 11.3 Å². The summed E-state index contributed by atoms with van der Waals surface area (Å²) in [6.45, 7) is 8.90. The largest absolute Gasteiger partial charge is 0.342 e. The summed E-state index contributed by atoms with van der Waals surface area (Å²) in [7, 11) is 0. The Bertz CT molecular complexity index is 731. The zero-order valence-electron chi connectivity index (χ0n) is 16.8. The van der Waals surface area contributed by atoms with Gasteiger partial charge in [0.25, 0.3) is 0 Å². The van der Waals surface area contributed by atoms with Gasteiger partial charge in [-0.05, 0) is 51.4 Å². The van der Waals surface area contributed by atoms with Crippen molar-refractivity contribution in [3.05, 3.63) is 11.6 Å². The van der Waals surface area contributed by atoms with Crippen molar-refractivity contribution in [2.75, 3.05) is 19.6 Å². The molecule has 7 nitrogen and oxygen atoms in total. The molecule has 1 aromatic rings. The first-order chi connectivity index (χ1) is 12.9. The lowest BCUT2D eigenvalue weighted by Crippen LogP contribution is -2.53. The van der Waals surface area contributed by atoms with Gasteiger partial charge in [-0.3, -0.25) is 9.59 Å². The van der Waals surface area contributed by atoms with E-state index in [4.69, 9.17) is 0 Å². The van der Waals surface area contributed by atoms with Crippen LogP contribution in [-0.4, -0.2) is 62.1 Å². The summed E-state index contributed by atoms with van der Waals surface area (Å²) in [6.07, 6.45) is 6.05. The number of piperidine rings is 2. The zero-order valence-corrected chi connectivity index (χ0v) is 16.8. The Morgan fingerprint density at radius 1 is 1.22 bits per heavy atom. The molecular formula is C20H31N5O2. The van der Waals surface area contributed by atoms with E-state index in [0.717, 1.165) is 50.5 Å². The Morgan fingerprint density at radius 2 is 1.93 bits per heavy atom. The standard InChI is InChI=1S/C20H31N5O2/c1-14(12-25-16(3)21-15(2)22-25)19(27)23-10-8-20(9-11-23)7-6-18(26)24(13-20)17-4-5-17/h14,17H,4-13H2,1-3H3/t14-/m1/s1. The van der Waals surface area contributed by atoms with E-state index in [2.05, 4.69) is 15.0 Å². The first kappa shape index (κ1) is 18.4. The molecule has 1 aromatic heterocycles. The molecule has 148 valence electrons. The van der Waals surface area contributed by atoms with Crippen LogP contribution in [0.2, 0.25) is 0 Å².